The number of carbonyl (C=O) groups is 1. The molecule has 156 valence electrons. The fourth-order valence-corrected chi connectivity index (χ4v) is 3.32. The van der Waals surface area contributed by atoms with Crippen molar-refractivity contribution < 1.29 is 14.3 Å². The molecule has 0 atom stereocenters. The van der Waals surface area contributed by atoms with Gasteiger partial charge in [-0.25, -0.2) is 9.67 Å². The average molecular weight is 439 g/mol. The summed E-state index contributed by atoms with van der Waals surface area (Å²) in [7, 11) is 0. The highest BCUT2D eigenvalue weighted by Crippen LogP contribution is 2.34. The summed E-state index contributed by atoms with van der Waals surface area (Å²) >= 11 is 5.91. The van der Waals surface area contributed by atoms with E-state index in [1.54, 1.807) is 30.3 Å². The summed E-state index contributed by atoms with van der Waals surface area (Å²) in [5, 5.41) is 11.3. The normalized spacial score (nSPS) is 12.3. The Balaban J connectivity index is 1.33. The van der Waals surface area contributed by atoms with Gasteiger partial charge in [0, 0.05) is 16.8 Å². The summed E-state index contributed by atoms with van der Waals surface area (Å²) in [5.74, 6) is 0.775. The second-order valence-corrected chi connectivity index (χ2v) is 7.28. The highest BCUT2D eigenvalue weighted by Gasteiger charge is 2.16. The minimum absolute atomic E-state index is 0.0901. The molecule has 1 aliphatic rings. The molecule has 4 aromatic rings. The van der Waals surface area contributed by atoms with Gasteiger partial charge in [0.25, 0.3) is 5.56 Å². The van der Waals surface area contributed by atoms with Crippen molar-refractivity contribution in [1.82, 2.24) is 24.5 Å². The first kappa shape index (κ1) is 19.1. The molecular formula is C20H15ClN6O4. The lowest BCUT2D eigenvalue weighted by molar-refractivity contribution is -0.116. The van der Waals surface area contributed by atoms with Crippen molar-refractivity contribution in [2.24, 2.45) is 0 Å². The topological polar surface area (TPSA) is 113 Å². The highest BCUT2D eigenvalue weighted by molar-refractivity contribution is 6.30. The van der Waals surface area contributed by atoms with E-state index < -0.39 is 11.5 Å². The Bertz CT molecular complexity index is 1350. The molecule has 10 nitrogen and oxygen atoms in total. The number of anilines is 1. The molecule has 1 N–H and O–H groups in total. The van der Waals surface area contributed by atoms with Crippen LogP contribution in [0.5, 0.6) is 11.5 Å². The third-order valence-corrected chi connectivity index (χ3v) is 4.96. The number of hydrogen-bond acceptors (Lipinski definition) is 7. The van der Waals surface area contributed by atoms with Crippen LogP contribution in [0, 0.1) is 0 Å². The molecule has 2 aromatic heterocycles. The zero-order chi connectivity index (χ0) is 21.4. The Morgan fingerprint density at radius 3 is 2.77 bits per heavy atom. The first-order valence-electron chi connectivity index (χ1n) is 9.29. The van der Waals surface area contributed by atoms with Gasteiger partial charge in [-0.3, -0.25) is 14.2 Å². The Labute approximate surface area is 180 Å². The number of fused-ring (bicyclic) bond motifs is 2. The van der Waals surface area contributed by atoms with E-state index in [1.807, 2.05) is 12.1 Å². The Hall–Kier alpha value is -3.92. The molecule has 0 fully saturated rings. The van der Waals surface area contributed by atoms with Gasteiger partial charge in [0.05, 0.1) is 6.54 Å². The fraction of sp³-hybridized carbons (Fsp3) is 0.150. The van der Waals surface area contributed by atoms with E-state index in [1.165, 1.54) is 15.6 Å². The van der Waals surface area contributed by atoms with E-state index in [2.05, 4.69) is 20.6 Å². The standard InChI is InChI=1S/C20H15ClN6O4/c21-13-3-1-12(2-4-13)8-27-19-18(24-25-27)20(29)26(10-22-19)9-17(28)23-14-5-6-15-16(7-14)31-11-30-15/h1-7,10H,8-9,11H2,(H,23,28). The number of nitrogens with one attached hydrogen (secondary N) is 1. The van der Waals surface area contributed by atoms with E-state index in [4.69, 9.17) is 21.1 Å². The van der Waals surface area contributed by atoms with Gasteiger partial charge in [-0.15, -0.1) is 5.10 Å². The van der Waals surface area contributed by atoms with E-state index in [0.29, 0.717) is 34.4 Å². The number of aromatic nitrogens is 5. The van der Waals surface area contributed by atoms with Gasteiger partial charge in [-0.1, -0.05) is 28.9 Å². The molecule has 0 aliphatic carbocycles. The molecule has 1 amide bonds. The molecule has 1 aliphatic heterocycles. The summed E-state index contributed by atoms with van der Waals surface area (Å²) in [5.41, 5.74) is 1.45. The number of amides is 1. The molecule has 2 aromatic carbocycles. The predicted octanol–water partition coefficient (Wildman–Crippen LogP) is 2.06. The maximum atomic E-state index is 12.8. The van der Waals surface area contributed by atoms with Gasteiger partial charge in [0.15, 0.2) is 22.7 Å². The van der Waals surface area contributed by atoms with Crippen LogP contribution in [0.15, 0.2) is 53.6 Å². The molecule has 0 bridgehead atoms. The Morgan fingerprint density at radius 1 is 1.13 bits per heavy atom. The van der Waals surface area contributed by atoms with Crippen molar-refractivity contribution in [3.05, 3.63) is 69.7 Å². The van der Waals surface area contributed by atoms with Crippen LogP contribution < -0.4 is 20.3 Å². The second-order valence-electron chi connectivity index (χ2n) is 6.84. The number of hydrogen-bond donors (Lipinski definition) is 1. The van der Waals surface area contributed by atoms with Crippen LogP contribution in [0.25, 0.3) is 11.2 Å². The molecule has 31 heavy (non-hydrogen) atoms. The lowest BCUT2D eigenvalue weighted by Crippen LogP contribution is -2.28. The molecule has 11 heteroatoms. The van der Waals surface area contributed by atoms with Crippen LogP contribution in [-0.4, -0.2) is 37.2 Å². The van der Waals surface area contributed by atoms with Crippen LogP contribution >= 0.6 is 11.6 Å². The third kappa shape index (κ3) is 3.80. The lowest BCUT2D eigenvalue weighted by Gasteiger charge is -2.08. The fourth-order valence-electron chi connectivity index (χ4n) is 3.20. The molecule has 0 radical (unpaired) electrons. The zero-order valence-corrected chi connectivity index (χ0v) is 16.7. The minimum Gasteiger partial charge on any atom is -0.454 e. The number of carbonyl (C=O) groups excluding carboxylic acids is 1. The van der Waals surface area contributed by atoms with Crippen molar-refractivity contribution in [3.8, 4) is 11.5 Å². The lowest BCUT2D eigenvalue weighted by atomic mass is 10.2. The smallest absolute Gasteiger partial charge is 0.283 e. The maximum absolute atomic E-state index is 12.8. The summed E-state index contributed by atoms with van der Waals surface area (Å²) in [4.78, 5) is 29.5. The monoisotopic (exact) mass is 438 g/mol. The molecule has 0 saturated heterocycles. The minimum atomic E-state index is -0.451. The van der Waals surface area contributed by atoms with Crippen LogP contribution in [0.4, 0.5) is 5.69 Å². The first-order chi connectivity index (χ1) is 15.1. The molecule has 3 heterocycles. The van der Waals surface area contributed by atoms with E-state index in [-0.39, 0.29) is 18.9 Å². The van der Waals surface area contributed by atoms with Crippen molar-refractivity contribution in [1.29, 1.82) is 0 Å². The van der Waals surface area contributed by atoms with Crippen molar-refractivity contribution in [2.75, 3.05) is 12.1 Å². The zero-order valence-electron chi connectivity index (χ0n) is 16.0. The van der Waals surface area contributed by atoms with Crippen molar-refractivity contribution >= 4 is 34.4 Å². The summed E-state index contributed by atoms with van der Waals surface area (Å²) in [6.45, 7) is 0.307. The van der Waals surface area contributed by atoms with Crippen molar-refractivity contribution in [2.45, 2.75) is 13.1 Å². The maximum Gasteiger partial charge on any atom is 0.283 e. The number of ether oxygens (including phenoxy) is 2. The number of benzene rings is 2. The van der Waals surface area contributed by atoms with Gasteiger partial charge in [0.2, 0.25) is 12.7 Å². The van der Waals surface area contributed by atoms with Gasteiger partial charge in [-0.2, -0.15) is 0 Å². The predicted molar refractivity (Wildman–Crippen MR) is 111 cm³/mol. The van der Waals surface area contributed by atoms with Gasteiger partial charge in [-0.05, 0) is 29.8 Å². The molecule has 0 spiro atoms. The summed E-state index contributed by atoms with van der Waals surface area (Å²) in [6.07, 6.45) is 1.31. The van der Waals surface area contributed by atoms with Crippen molar-refractivity contribution in [3.63, 3.8) is 0 Å². The molecular weight excluding hydrogens is 424 g/mol. The Kier molecular flexibility index (Phi) is 4.75. The SMILES string of the molecule is O=C(Cn1cnc2c(nnn2Cc2ccc(Cl)cc2)c1=O)Nc1ccc2c(c1)OCO2. The summed E-state index contributed by atoms with van der Waals surface area (Å²) in [6, 6.07) is 12.3. The first-order valence-corrected chi connectivity index (χ1v) is 9.67. The quantitative estimate of drug-likeness (QED) is 0.507. The van der Waals surface area contributed by atoms with Crippen LogP contribution in [0.3, 0.4) is 0 Å². The molecule has 0 unspecified atom stereocenters. The average Bonchev–Trinajstić information content (AvgIpc) is 3.39. The van der Waals surface area contributed by atoms with Crippen LogP contribution in [-0.2, 0) is 17.9 Å². The molecule has 5 rings (SSSR count). The van der Waals surface area contributed by atoms with Crippen LogP contribution in [0.2, 0.25) is 5.02 Å². The molecule has 0 saturated carbocycles. The number of halogens is 1. The van der Waals surface area contributed by atoms with E-state index >= 15 is 0 Å². The van der Waals surface area contributed by atoms with E-state index in [9.17, 15) is 9.59 Å². The van der Waals surface area contributed by atoms with Gasteiger partial charge >= 0.3 is 0 Å². The number of nitrogens with zero attached hydrogens (tertiary/aromatic N) is 5. The van der Waals surface area contributed by atoms with E-state index in [0.717, 1.165) is 5.56 Å². The Morgan fingerprint density at radius 2 is 1.94 bits per heavy atom. The highest BCUT2D eigenvalue weighted by atomic mass is 35.5. The largest absolute Gasteiger partial charge is 0.454 e. The third-order valence-electron chi connectivity index (χ3n) is 4.71. The van der Waals surface area contributed by atoms with Crippen LogP contribution in [0.1, 0.15) is 5.56 Å². The second kappa shape index (κ2) is 7.73. The van der Waals surface area contributed by atoms with Gasteiger partial charge < -0.3 is 14.8 Å². The summed E-state index contributed by atoms with van der Waals surface area (Å²) < 4.78 is 13.3. The van der Waals surface area contributed by atoms with Gasteiger partial charge in [0.1, 0.15) is 12.9 Å². The number of rotatable bonds is 5.